The second kappa shape index (κ2) is 4.83. The minimum atomic E-state index is 0.283. The molecule has 0 heterocycles. The first-order chi connectivity index (χ1) is 5.83. The van der Waals surface area contributed by atoms with Crippen LogP contribution in [0.15, 0.2) is 0 Å². The largest absolute Gasteiger partial charge is 0.329 e. The molecule has 0 aromatic rings. The Morgan fingerprint density at radius 3 is 2.17 bits per heavy atom. The van der Waals surface area contributed by atoms with Crippen LogP contribution in [0.25, 0.3) is 0 Å². The Kier molecular flexibility index (Phi) is 4.02. The summed E-state index contributed by atoms with van der Waals surface area (Å²) in [6.07, 6.45) is 8.05. The summed E-state index contributed by atoms with van der Waals surface area (Å²) in [5.74, 6) is 0. The lowest BCUT2D eigenvalue weighted by atomic mass is 9.90. The summed E-state index contributed by atoms with van der Waals surface area (Å²) in [6, 6.07) is 0. The summed E-state index contributed by atoms with van der Waals surface area (Å²) in [5, 5.41) is 3.56. The van der Waals surface area contributed by atoms with Gasteiger partial charge in [-0.15, -0.1) is 0 Å². The highest BCUT2D eigenvalue weighted by atomic mass is 15.0. The van der Waals surface area contributed by atoms with Crippen molar-refractivity contribution >= 4 is 0 Å². The molecule has 2 heteroatoms. The van der Waals surface area contributed by atoms with Crippen molar-refractivity contribution in [1.29, 1.82) is 0 Å². The summed E-state index contributed by atoms with van der Waals surface area (Å²) in [4.78, 5) is 0. The predicted octanol–water partition coefficient (Wildman–Crippen LogP) is 1.65. The van der Waals surface area contributed by atoms with Gasteiger partial charge in [-0.1, -0.05) is 32.6 Å². The van der Waals surface area contributed by atoms with Crippen molar-refractivity contribution in [2.45, 2.75) is 51.0 Å². The van der Waals surface area contributed by atoms with Crippen LogP contribution >= 0.6 is 0 Å². The highest BCUT2D eigenvalue weighted by Gasteiger charge is 2.27. The molecule has 0 amide bonds. The molecule has 0 aromatic heterocycles. The first-order valence-corrected chi connectivity index (χ1v) is 5.28. The Balaban J connectivity index is 2.48. The Labute approximate surface area is 75.9 Å². The van der Waals surface area contributed by atoms with E-state index in [-0.39, 0.29) is 5.54 Å². The molecule has 1 aliphatic rings. The number of hydrogen-bond donors (Lipinski definition) is 2. The van der Waals surface area contributed by atoms with E-state index in [1.54, 1.807) is 0 Å². The molecule has 72 valence electrons. The van der Waals surface area contributed by atoms with Crippen molar-refractivity contribution in [1.82, 2.24) is 5.32 Å². The van der Waals surface area contributed by atoms with Crippen molar-refractivity contribution in [3.63, 3.8) is 0 Å². The van der Waals surface area contributed by atoms with Gasteiger partial charge in [0.15, 0.2) is 0 Å². The van der Waals surface area contributed by atoms with Crippen LogP contribution in [0.1, 0.15) is 45.4 Å². The van der Waals surface area contributed by atoms with Gasteiger partial charge in [0, 0.05) is 12.1 Å². The van der Waals surface area contributed by atoms with E-state index in [1.807, 2.05) is 0 Å². The molecule has 0 unspecified atom stereocenters. The van der Waals surface area contributed by atoms with Crippen molar-refractivity contribution < 1.29 is 0 Å². The van der Waals surface area contributed by atoms with Gasteiger partial charge in [-0.25, -0.2) is 0 Å². The van der Waals surface area contributed by atoms with Crippen molar-refractivity contribution in [2.75, 3.05) is 13.1 Å². The van der Waals surface area contributed by atoms with E-state index in [1.165, 1.54) is 38.5 Å². The minimum absolute atomic E-state index is 0.283. The molecule has 1 rings (SSSR count). The third kappa shape index (κ3) is 2.46. The Morgan fingerprint density at radius 1 is 1.17 bits per heavy atom. The second-order valence-electron chi connectivity index (χ2n) is 3.93. The molecule has 3 N–H and O–H groups in total. The van der Waals surface area contributed by atoms with Crippen LogP contribution in [-0.4, -0.2) is 18.6 Å². The van der Waals surface area contributed by atoms with Crippen molar-refractivity contribution in [3.8, 4) is 0 Å². The van der Waals surface area contributed by atoms with Gasteiger partial charge < -0.3 is 11.1 Å². The van der Waals surface area contributed by atoms with Gasteiger partial charge in [-0.3, -0.25) is 0 Å². The number of nitrogens with one attached hydrogen (secondary N) is 1. The van der Waals surface area contributed by atoms with Crippen LogP contribution in [0.3, 0.4) is 0 Å². The SMILES string of the molecule is CCNC1(CN)CCCCCC1. The lowest BCUT2D eigenvalue weighted by Gasteiger charge is -2.32. The Bertz CT molecular complexity index is 115. The molecule has 1 fully saturated rings. The predicted molar refractivity (Wildman–Crippen MR) is 53.2 cm³/mol. The maximum absolute atomic E-state index is 5.83. The van der Waals surface area contributed by atoms with Gasteiger partial charge in [-0.2, -0.15) is 0 Å². The summed E-state index contributed by atoms with van der Waals surface area (Å²) in [7, 11) is 0. The second-order valence-corrected chi connectivity index (χ2v) is 3.93. The molecule has 2 nitrogen and oxygen atoms in total. The maximum Gasteiger partial charge on any atom is 0.0303 e. The zero-order valence-electron chi connectivity index (χ0n) is 8.23. The average molecular weight is 170 g/mol. The third-order valence-corrected chi connectivity index (χ3v) is 3.00. The van der Waals surface area contributed by atoms with E-state index in [9.17, 15) is 0 Å². The summed E-state index contributed by atoms with van der Waals surface area (Å²) in [5.41, 5.74) is 6.11. The lowest BCUT2D eigenvalue weighted by Crippen LogP contribution is -2.50. The van der Waals surface area contributed by atoms with E-state index >= 15 is 0 Å². The van der Waals surface area contributed by atoms with E-state index in [2.05, 4.69) is 12.2 Å². The van der Waals surface area contributed by atoms with E-state index in [4.69, 9.17) is 5.73 Å². The van der Waals surface area contributed by atoms with Crippen molar-refractivity contribution in [2.24, 2.45) is 5.73 Å². The molecular formula is C10H22N2. The fourth-order valence-corrected chi connectivity index (χ4v) is 2.23. The summed E-state index contributed by atoms with van der Waals surface area (Å²) < 4.78 is 0. The minimum Gasteiger partial charge on any atom is -0.329 e. The smallest absolute Gasteiger partial charge is 0.0303 e. The topological polar surface area (TPSA) is 38.0 Å². The highest BCUT2D eigenvalue weighted by molar-refractivity contribution is 4.90. The molecule has 0 atom stereocenters. The molecule has 0 radical (unpaired) electrons. The summed E-state index contributed by atoms with van der Waals surface area (Å²) >= 11 is 0. The number of rotatable bonds is 3. The number of likely N-dealkylation sites (N-methyl/N-ethyl adjacent to an activating group) is 1. The van der Waals surface area contributed by atoms with Gasteiger partial charge in [-0.05, 0) is 19.4 Å². The first kappa shape index (κ1) is 10.0. The normalized spacial score (nSPS) is 23.5. The van der Waals surface area contributed by atoms with Crippen LogP contribution < -0.4 is 11.1 Å². The zero-order chi connectivity index (χ0) is 8.86. The van der Waals surface area contributed by atoms with Crippen LogP contribution in [-0.2, 0) is 0 Å². The van der Waals surface area contributed by atoms with Crippen LogP contribution in [0.4, 0.5) is 0 Å². The highest BCUT2D eigenvalue weighted by Crippen LogP contribution is 2.25. The van der Waals surface area contributed by atoms with Gasteiger partial charge in [0.1, 0.15) is 0 Å². The van der Waals surface area contributed by atoms with E-state index < -0.39 is 0 Å². The zero-order valence-corrected chi connectivity index (χ0v) is 8.23. The van der Waals surface area contributed by atoms with E-state index in [0.29, 0.717) is 0 Å². The van der Waals surface area contributed by atoms with E-state index in [0.717, 1.165) is 13.1 Å². The molecule has 1 saturated carbocycles. The Hall–Kier alpha value is -0.0800. The monoisotopic (exact) mass is 170 g/mol. The van der Waals surface area contributed by atoms with Gasteiger partial charge in [0.2, 0.25) is 0 Å². The molecule has 0 aromatic carbocycles. The van der Waals surface area contributed by atoms with Crippen LogP contribution in [0, 0.1) is 0 Å². The molecule has 0 spiro atoms. The Morgan fingerprint density at radius 2 is 1.75 bits per heavy atom. The molecule has 0 aliphatic heterocycles. The summed E-state index contributed by atoms with van der Waals surface area (Å²) in [6.45, 7) is 4.03. The number of hydrogen-bond acceptors (Lipinski definition) is 2. The van der Waals surface area contributed by atoms with Gasteiger partial charge in [0.25, 0.3) is 0 Å². The quantitative estimate of drug-likeness (QED) is 0.632. The standard InChI is InChI=1S/C10H22N2/c1-2-12-10(9-11)7-5-3-4-6-8-10/h12H,2-9,11H2,1H3. The molecular weight excluding hydrogens is 148 g/mol. The van der Waals surface area contributed by atoms with Crippen molar-refractivity contribution in [3.05, 3.63) is 0 Å². The molecule has 0 bridgehead atoms. The fraction of sp³-hybridized carbons (Fsp3) is 1.00. The lowest BCUT2D eigenvalue weighted by molar-refractivity contribution is 0.299. The molecule has 1 aliphatic carbocycles. The van der Waals surface area contributed by atoms with Crippen LogP contribution in [0.5, 0.6) is 0 Å². The van der Waals surface area contributed by atoms with Gasteiger partial charge in [0.05, 0.1) is 0 Å². The van der Waals surface area contributed by atoms with Crippen LogP contribution in [0.2, 0.25) is 0 Å². The third-order valence-electron chi connectivity index (χ3n) is 3.00. The fourth-order valence-electron chi connectivity index (χ4n) is 2.23. The van der Waals surface area contributed by atoms with Gasteiger partial charge >= 0.3 is 0 Å². The molecule has 0 saturated heterocycles. The average Bonchev–Trinajstić information content (AvgIpc) is 2.32. The molecule has 12 heavy (non-hydrogen) atoms. The number of nitrogens with two attached hydrogens (primary N) is 1. The first-order valence-electron chi connectivity index (χ1n) is 5.28. The maximum atomic E-state index is 5.83.